The summed E-state index contributed by atoms with van der Waals surface area (Å²) in [6, 6.07) is 1.96. The number of rotatable bonds is 6. The Balaban J connectivity index is 1.73. The number of nitrogens with zero attached hydrogens (tertiary/aromatic N) is 3. The number of hydrogen-bond donors (Lipinski definition) is 0. The van der Waals surface area contributed by atoms with Crippen LogP contribution < -0.4 is 4.74 Å². The van der Waals surface area contributed by atoms with E-state index in [1.807, 2.05) is 6.92 Å². The van der Waals surface area contributed by atoms with Crippen LogP contribution in [0, 0.1) is 12.8 Å². The van der Waals surface area contributed by atoms with E-state index in [9.17, 15) is 16.8 Å². The van der Waals surface area contributed by atoms with E-state index in [1.165, 1.54) is 4.31 Å². The van der Waals surface area contributed by atoms with Crippen LogP contribution in [0.4, 0.5) is 0 Å². The Morgan fingerprint density at radius 2 is 2.12 bits per heavy atom. The van der Waals surface area contributed by atoms with Crippen molar-refractivity contribution in [1.29, 1.82) is 0 Å². The molecule has 2 aliphatic heterocycles. The monoisotopic (exact) mass is 389 g/mol. The third-order valence-electron chi connectivity index (χ3n) is 5.03. The zero-order valence-corrected chi connectivity index (χ0v) is 16.0. The van der Waals surface area contributed by atoms with E-state index in [1.54, 1.807) is 19.2 Å². The van der Waals surface area contributed by atoms with Crippen LogP contribution in [0.1, 0.15) is 25.5 Å². The van der Waals surface area contributed by atoms with Gasteiger partial charge in [0, 0.05) is 30.9 Å². The maximum atomic E-state index is 12.6. The van der Waals surface area contributed by atoms with Crippen molar-refractivity contribution in [2.75, 3.05) is 31.2 Å². The highest BCUT2D eigenvalue weighted by Crippen LogP contribution is 2.45. The van der Waals surface area contributed by atoms with E-state index in [-0.39, 0.29) is 43.1 Å². The lowest BCUT2D eigenvalue weighted by Crippen LogP contribution is -2.69. The van der Waals surface area contributed by atoms with Gasteiger partial charge in [-0.15, -0.1) is 0 Å². The van der Waals surface area contributed by atoms with Crippen molar-refractivity contribution in [1.82, 2.24) is 14.3 Å². The first kappa shape index (κ1) is 18.5. The summed E-state index contributed by atoms with van der Waals surface area (Å²) in [6.45, 7) is 3.83. The van der Waals surface area contributed by atoms with Gasteiger partial charge >= 0.3 is 6.01 Å². The number of aromatic nitrogens is 2. The lowest BCUT2D eigenvalue weighted by molar-refractivity contribution is 0.120. The average Bonchev–Trinajstić information content (AvgIpc) is 2.74. The van der Waals surface area contributed by atoms with Gasteiger partial charge in [0.25, 0.3) is 0 Å². The molecule has 8 nitrogen and oxygen atoms in total. The molecule has 140 valence electrons. The molecule has 0 aromatic carbocycles. The van der Waals surface area contributed by atoms with Crippen molar-refractivity contribution in [2.45, 2.75) is 31.4 Å². The molecule has 0 aliphatic carbocycles. The van der Waals surface area contributed by atoms with Crippen LogP contribution in [0.5, 0.6) is 6.01 Å². The van der Waals surface area contributed by atoms with Gasteiger partial charge in [0.1, 0.15) is 4.75 Å². The largest absolute Gasteiger partial charge is 0.463 e. The molecule has 0 radical (unpaired) electrons. The van der Waals surface area contributed by atoms with Crippen molar-refractivity contribution >= 4 is 19.9 Å². The maximum absolute atomic E-state index is 12.6. The minimum Gasteiger partial charge on any atom is -0.463 e. The van der Waals surface area contributed by atoms with Crippen molar-refractivity contribution in [3.8, 4) is 6.01 Å². The van der Waals surface area contributed by atoms with Crippen molar-refractivity contribution in [3.63, 3.8) is 0 Å². The van der Waals surface area contributed by atoms with Gasteiger partial charge in [-0.3, -0.25) is 0 Å². The van der Waals surface area contributed by atoms with Gasteiger partial charge < -0.3 is 4.74 Å². The first-order chi connectivity index (χ1) is 11.7. The Kier molecular flexibility index (Phi) is 4.80. The predicted octanol–water partition coefficient (Wildman–Crippen LogP) is 0.393. The molecule has 0 amide bonds. The van der Waals surface area contributed by atoms with Crippen LogP contribution >= 0.6 is 0 Å². The molecule has 1 spiro atoms. The van der Waals surface area contributed by atoms with E-state index in [4.69, 9.17) is 4.74 Å². The zero-order chi connectivity index (χ0) is 18.3. The van der Waals surface area contributed by atoms with Crippen molar-refractivity contribution in [3.05, 3.63) is 18.0 Å². The zero-order valence-electron chi connectivity index (χ0n) is 14.4. The van der Waals surface area contributed by atoms with E-state index >= 15 is 0 Å². The summed E-state index contributed by atoms with van der Waals surface area (Å²) in [6.07, 6.45) is 2.56. The summed E-state index contributed by atoms with van der Waals surface area (Å²) in [7, 11) is -6.73. The molecule has 0 N–H and O–H groups in total. The molecule has 0 unspecified atom stereocenters. The Labute approximate surface area is 148 Å². The molecule has 1 aromatic rings. The van der Waals surface area contributed by atoms with Gasteiger partial charge in [0.15, 0.2) is 9.84 Å². The van der Waals surface area contributed by atoms with E-state index in [0.29, 0.717) is 12.8 Å². The van der Waals surface area contributed by atoms with Crippen molar-refractivity contribution in [2.24, 2.45) is 5.92 Å². The number of sulfonamides is 1. The van der Waals surface area contributed by atoms with Crippen LogP contribution in [0.3, 0.4) is 0 Å². The highest BCUT2D eigenvalue weighted by molar-refractivity contribution is 7.93. The molecular formula is C15H23N3O5S2. The van der Waals surface area contributed by atoms with Gasteiger partial charge in [-0.2, -0.15) is 4.31 Å². The molecule has 1 aromatic heterocycles. The van der Waals surface area contributed by atoms with E-state index in [0.717, 1.165) is 5.69 Å². The van der Waals surface area contributed by atoms with Crippen LogP contribution in [0.25, 0.3) is 0 Å². The van der Waals surface area contributed by atoms with Crippen LogP contribution in [-0.2, 0) is 19.9 Å². The Bertz CT molecular complexity index is 848. The summed E-state index contributed by atoms with van der Waals surface area (Å²) in [4.78, 5) is 8.17. The van der Waals surface area contributed by atoms with Gasteiger partial charge in [-0.25, -0.2) is 26.8 Å². The van der Waals surface area contributed by atoms with E-state index in [2.05, 4.69) is 9.97 Å². The second kappa shape index (κ2) is 6.48. The highest BCUT2D eigenvalue weighted by Gasteiger charge is 2.63. The van der Waals surface area contributed by atoms with Gasteiger partial charge in [0.2, 0.25) is 10.0 Å². The standard InChI is InChI=1S/C15H23N3O5S2/c1-3-7-25(21,22)18-10-15(11-18)13(5-8-24(15,19)20)9-23-14-16-6-4-12(2)17-14/h4,6,13H,3,5,7-11H2,1-2H3/t13-/m1/s1. The fourth-order valence-electron chi connectivity index (χ4n) is 3.51. The number of ether oxygens (including phenoxy) is 1. The SMILES string of the molecule is CCCS(=O)(=O)N1CC2(C1)[C@@H](COc1nccc(C)n1)CCS2(=O)=O. The Morgan fingerprint density at radius 1 is 1.40 bits per heavy atom. The van der Waals surface area contributed by atoms with Crippen molar-refractivity contribution < 1.29 is 21.6 Å². The number of sulfone groups is 1. The molecule has 3 rings (SSSR count). The minimum absolute atomic E-state index is 0.0281. The molecule has 0 saturated carbocycles. The fraction of sp³-hybridized carbons (Fsp3) is 0.733. The molecule has 2 aliphatic rings. The smallest absolute Gasteiger partial charge is 0.316 e. The first-order valence-corrected chi connectivity index (χ1v) is 11.6. The average molecular weight is 389 g/mol. The van der Waals surface area contributed by atoms with Gasteiger partial charge in [-0.1, -0.05) is 6.92 Å². The quantitative estimate of drug-likeness (QED) is 0.693. The van der Waals surface area contributed by atoms with Crippen LogP contribution in [0.15, 0.2) is 12.3 Å². The summed E-state index contributed by atoms with van der Waals surface area (Å²) in [5.41, 5.74) is 0.763. The second-order valence-electron chi connectivity index (χ2n) is 6.74. The highest BCUT2D eigenvalue weighted by atomic mass is 32.2. The molecule has 3 heterocycles. The summed E-state index contributed by atoms with van der Waals surface area (Å²) in [5.74, 6) is -0.145. The molecule has 10 heteroatoms. The lowest BCUT2D eigenvalue weighted by Gasteiger charge is -2.48. The fourth-order valence-corrected chi connectivity index (χ4v) is 7.70. The summed E-state index contributed by atoms with van der Waals surface area (Å²) < 4.78 is 55.3. The van der Waals surface area contributed by atoms with E-state index < -0.39 is 24.6 Å². The van der Waals surface area contributed by atoms with Gasteiger partial charge in [-0.05, 0) is 25.8 Å². The van der Waals surface area contributed by atoms with Crippen LogP contribution in [0.2, 0.25) is 0 Å². The summed E-state index contributed by atoms with van der Waals surface area (Å²) in [5, 5.41) is 0. The molecular weight excluding hydrogens is 366 g/mol. The third kappa shape index (κ3) is 3.26. The molecule has 0 bridgehead atoms. The van der Waals surface area contributed by atoms with Crippen LogP contribution in [-0.4, -0.2) is 67.1 Å². The third-order valence-corrected chi connectivity index (χ3v) is 9.60. The number of hydrogen-bond acceptors (Lipinski definition) is 7. The molecule has 2 fully saturated rings. The first-order valence-electron chi connectivity index (χ1n) is 8.33. The normalized spacial score (nSPS) is 25.0. The predicted molar refractivity (Wildman–Crippen MR) is 92.5 cm³/mol. The Morgan fingerprint density at radius 3 is 2.76 bits per heavy atom. The topological polar surface area (TPSA) is 107 Å². The number of aryl methyl sites for hydroxylation is 1. The maximum Gasteiger partial charge on any atom is 0.316 e. The van der Waals surface area contributed by atoms with Gasteiger partial charge in [0.05, 0.1) is 18.1 Å². The second-order valence-corrected chi connectivity index (χ2v) is 11.3. The molecule has 2 saturated heterocycles. The lowest BCUT2D eigenvalue weighted by atomic mass is 9.85. The molecule has 25 heavy (non-hydrogen) atoms. The Hall–Kier alpha value is -1.26. The minimum atomic E-state index is -3.38. The molecule has 1 atom stereocenters. The summed E-state index contributed by atoms with van der Waals surface area (Å²) >= 11 is 0.